The maximum absolute atomic E-state index is 13.3. The summed E-state index contributed by atoms with van der Waals surface area (Å²) in [6.45, 7) is 0. The number of hydrogen-bond acceptors (Lipinski definition) is 5. The summed E-state index contributed by atoms with van der Waals surface area (Å²) in [7, 11) is -3.89. The van der Waals surface area contributed by atoms with Crippen molar-refractivity contribution >= 4 is 31.4 Å². The van der Waals surface area contributed by atoms with Gasteiger partial charge in [0, 0.05) is 20.5 Å². The van der Waals surface area contributed by atoms with Crippen molar-refractivity contribution in [3.05, 3.63) is 83.0 Å². The summed E-state index contributed by atoms with van der Waals surface area (Å²) in [5, 5.41) is 5.62. The fourth-order valence-electron chi connectivity index (χ4n) is 3.23. The highest BCUT2D eigenvalue weighted by Crippen LogP contribution is 2.37. The Morgan fingerprint density at radius 3 is 2.03 bits per heavy atom. The van der Waals surface area contributed by atoms with Gasteiger partial charge in [0.1, 0.15) is 5.75 Å². The second kappa shape index (κ2) is 8.05. The molecular weight excluding hydrogens is 463 g/mol. The number of sulfonamides is 1. The molecule has 0 unspecified atom stereocenters. The molecule has 0 saturated heterocycles. The predicted octanol–water partition coefficient (Wildman–Crippen LogP) is 5.14. The lowest BCUT2D eigenvalue weighted by Crippen LogP contribution is -2.17. The molecule has 0 aliphatic rings. The number of ether oxygens (including phenoxy) is 1. The number of benzene rings is 3. The SMILES string of the molecule is NS(=O)(=O)c1ccc(-c2sc3ccccc3c(=O)c2-c2ccc(OC(F)(F)F)cc2)cc1. The van der Waals surface area contributed by atoms with Crippen LogP contribution in [0.25, 0.3) is 31.7 Å². The average Bonchev–Trinajstić information content (AvgIpc) is 2.73. The van der Waals surface area contributed by atoms with Crippen molar-refractivity contribution in [2.75, 3.05) is 0 Å². The molecule has 10 heteroatoms. The van der Waals surface area contributed by atoms with Crippen LogP contribution in [0, 0.1) is 0 Å². The molecule has 0 aliphatic carbocycles. The molecule has 5 nitrogen and oxygen atoms in total. The van der Waals surface area contributed by atoms with Gasteiger partial charge in [-0.25, -0.2) is 13.6 Å². The fourth-order valence-corrected chi connectivity index (χ4v) is 4.95. The van der Waals surface area contributed by atoms with E-state index in [4.69, 9.17) is 5.14 Å². The fraction of sp³-hybridized carbons (Fsp3) is 0.0455. The number of hydrogen-bond donors (Lipinski definition) is 1. The van der Waals surface area contributed by atoms with Crippen LogP contribution in [0.1, 0.15) is 0 Å². The zero-order valence-corrected chi connectivity index (χ0v) is 17.7. The summed E-state index contributed by atoms with van der Waals surface area (Å²) in [6, 6.07) is 17.7. The van der Waals surface area contributed by atoms with Crippen molar-refractivity contribution in [2.24, 2.45) is 5.14 Å². The van der Waals surface area contributed by atoms with Crippen LogP contribution < -0.4 is 15.3 Å². The molecule has 1 aromatic heterocycles. The van der Waals surface area contributed by atoms with E-state index in [1.54, 1.807) is 24.3 Å². The molecule has 0 amide bonds. The Labute approximate surface area is 184 Å². The van der Waals surface area contributed by atoms with Crippen molar-refractivity contribution in [1.82, 2.24) is 0 Å². The Bertz CT molecular complexity index is 1460. The van der Waals surface area contributed by atoms with Crippen LogP contribution in [0.4, 0.5) is 13.2 Å². The van der Waals surface area contributed by atoms with Crippen molar-refractivity contribution < 1.29 is 26.3 Å². The molecule has 4 aromatic rings. The van der Waals surface area contributed by atoms with E-state index in [0.29, 0.717) is 26.1 Å². The summed E-state index contributed by atoms with van der Waals surface area (Å²) in [6.07, 6.45) is -4.83. The van der Waals surface area contributed by atoms with Crippen LogP contribution >= 0.6 is 11.3 Å². The normalized spacial score (nSPS) is 12.1. The Balaban J connectivity index is 1.91. The summed E-state index contributed by atoms with van der Waals surface area (Å²) in [5.74, 6) is -0.405. The second-order valence-corrected chi connectivity index (χ2v) is 9.39. The van der Waals surface area contributed by atoms with Gasteiger partial charge in [-0.05, 0) is 47.5 Å². The van der Waals surface area contributed by atoms with Crippen LogP contribution in [0.3, 0.4) is 0 Å². The third kappa shape index (κ3) is 4.52. The molecular formula is C22H14F3NO4S2. The Morgan fingerprint density at radius 2 is 1.44 bits per heavy atom. The van der Waals surface area contributed by atoms with E-state index in [-0.39, 0.29) is 15.9 Å². The molecule has 0 bridgehead atoms. The number of primary sulfonamides is 1. The van der Waals surface area contributed by atoms with Gasteiger partial charge >= 0.3 is 6.36 Å². The third-order valence-corrected chi connectivity index (χ3v) is 6.77. The molecule has 164 valence electrons. The molecule has 32 heavy (non-hydrogen) atoms. The van der Waals surface area contributed by atoms with E-state index >= 15 is 0 Å². The van der Waals surface area contributed by atoms with Crippen molar-refractivity contribution in [2.45, 2.75) is 11.3 Å². The molecule has 0 spiro atoms. The minimum absolute atomic E-state index is 0.0791. The van der Waals surface area contributed by atoms with Crippen LogP contribution in [-0.2, 0) is 10.0 Å². The van der Waals surface area contributed by atoms with E-state index in [0.717, 1.165) is 12.1 Å². The summed E-state index contributed by atoms with van der Waals surface area (Å²) in [5.41, 5.74) is 0.956. The lowest BCUT2D eigenvalue weighted by atomic mass is 10.0. The topological polar surface area (TPSA) is 86.5 Å². The van der Waals surface area contributed by atoms with Crippen LogP contribution in [0.15, 0.2) is 82.5 Å². The summed E-state index contributed by atoms with van der Waals surface area (Å²) < 4.78 is 65.2. The Morgan fingerprint density at radius 1 is 0.844 bits per heavy atom. The molecule has 0 fully saturated rings. The van der Waals surface area contributed by atoms with Gasteiger partial charge in [-0.15, -0.1) is 24.5 Å². The van der Waals surface area contributed by atoms with Crippen LogP contribution in [-0.4, -0.2) is 14.8 Å². The maximum atomic E-state index is 13.3. The van der Waals surface area contributed by atoms with Gasteiger partial charge in [-0.1, -0.05) is 36.4 Å². The smallest absolute Gasteiger partial charge is 0.406 e. The lowest BCUT2D eigenvalue weighted by molar-refractivity contribution is -0.274. The van der Waals surface area contributed by atoms with Gasteiger partial charge in [-0.2, -0.15) is 0 Å². The predicted molar refractivity (Wildman–Crippen MR) is 117 cm³/mol. The minimum Gasteiger partial charge on any atom is -0.406 e. The van der Waals surface area contributed by atoms with E-state index in [2.05, 4.69) is 4.74 Å². The molecule has 0 radical (unpaired) electrons. The first-order valence-corrected chi connectivity index (χ1v) is 11.4. The number of halogens is 3. The number of alkyl halides is 3. The molecule has 0 aliphatic heterocycles. The van der Waals surface area contributed by atoms with Crippen LogP contribution in [0.5, 0.6) is 5.75 Å². The first kappa shape index (κ1) is 22.0. The first-order chi connectivity index (χ1) is 15.0. The van der Waals surface area contributed by atoms with Gasteiger partial charge in [0.2, 0.25) is 10.0 Å². The molecule has 4 rings (SSSR count). The van der Waals surface area contributed by atoms with Gasteiger partial charge in [0.05, 0.1) is 4.90 Å². The number of rotatable bonds is 4. The Hall–Kier alpha value is -3.21. The zero-order valence-electron chi connectivity index (χ0n) is 16.1. The second-order valence-electron chi connectivity index (χ2n) is 6.77. The van der Waals surface area contributed by atoms with Crippen molar-refractivity contribution in [3.8, 4) is 27.3 Å². The monoisotopic (exact) mass is 477 g/mol. The standard InChI is InChI=1S/C22H14F3NO4S2/c23-22(24,25)30-15-9-5-13(6-10-15)19-20(27)17-3-1-2-4-18(17)31-21(19)14-7-11-16(12-8-14)32(26,28)29/h1-12H,(H2,26,28,29). The highest BCUT2D eigenvalue weighted by Gasteiger charge is 2.31. The highest BCUT2D eigenvalue weighted by molar-refractivity contribution is 7.89. The van der Waals surface area contributed by atoms with Gasteiger partial charge in [0.15, 0.2) is 5.43 Å². The summed E-state index contributed by atoms with van der Waals surface area (Å²) in [4.78, 5) is 13.8. The quantitative estimate of drug-likeness (QED) is 0.441. The molecule has 0 atom stereocenters. The number of fused-ring (bicyclic) bond motifs is 1. The summed E-state index contributed by atoms with van der Waals surface area (Å²) >= 11 is 1.31. The minimum atomic E-state index is -4.83. The molecule has 3 aromatic carbocycles. The largest absolute Gasteiger partial charge is 0.573 e. The Kier molecular flexibility index (Phi) is 5.53. The van der Waals surface area contributed by atoms with Crippen molar-refractivity contribution in [1.29, 1.82) is 0 Å². The molecule has 1 heterocycles. The van der Waals surface area contributed by atoms with E-state index < -0.39 is 22.1 Å². The third-order valence-electron chi connectivity index (χ3n) is 4.62. The van der Waals surface area contributed by atoms with E-state index in [1.807, 2.05) is 0 Å². The number of nitrogens with two attached hydrogens (primary N) is 1. The van der Waals surface area contributed by atoms with E-state index in [1.165, 1.54) is 47.7 Å². The van der Waals surface area contributed by atoms with E-state index in [9.17, 15) is 26.4 Å². The first-order valence-electron chi connectivity index (χ1n) is 9.08. The molecule has 2 N–H and O–H groups in total. The maximum Gasteiger partial charge on any atom is 0.573 e. The van der Waals surface area contributed by atoms with Gasteiger partial charge in [-0.3, -0.25) is 4.79 Å². The lowest BCUT2D eigenvalue weighted by Gasteiger charge is -2.13. The van der Waals surface area contributed by atoms with Gasteiger partial charge < -0.3 is 4.74 Å². The van der Waals surface area contributed by atoms with Gasteiger partial charge in [0.25, 0.3) is 0 Å². The average molecular weight is 477 g/mol. The van der Waals surface area contributed by atoms with Crippen LogP contribution in [0.2, 0.25) is 0 Å². The highest BCUT2D eigenvalue weighted by atomic mass is 32.2. The van der Waals surface area contributed by atoms with Crippen molar-refractivity contribution in [3.63, 3.8) is 0 Å². The zero-order chi connectivity index (χ0) is 23.1. The molecule has 0 saturated carbocycles.